The zero-order chi connectivity index (χ0) is 27.8. The maximum atomic E-state index is 12.6. The lowest BCUT2D eigenvalue weighted by Crippen LogP contribution is -2.18. The number of carbonyl (C=O) groups excluding carboxylic acids is 2. The summed E-state index contributed by atoms with van der Waals surface area (Å²) >= 11 is 3.37. The molecule has 2 N–H and O–H groups in total. The van der Waals surface area contributed by atoms with Crippen LogP contribution in [0, 0.1) is 0 Å². The van der Waals surface area contributed by atoms with Crippen LogP contribution in [0.25, 0.3) is 0 Å². The van der Waals surface area contributed by atoms with E-state index in [1.54, 1.807) is 60.7 Å². The number of halogens is 1. The first-order chi connectivity index (χ1) is 18.7. The van der Waals surface area contributed by atoms with Crippen LogP contribution in [0.5, 0.6) is 11.5 Å². The van der Waals surface area contributed by atoms with Crippen LogP contribution < -0.4 is 19.6 Å². The predicted molar refractivity (Wildman–Crippen MR) is 151 cm³/mol. The number of carbonyl (C=O) groups is 2. The first-order valence-corrected chi connectivity index (χ1v) is 13.7. The van der Waals surface area contributed by atoms with Crippen LogP contribution in [0.2, 0.25) is 0 Å². The number of hydrogen-bond donors (Lipinski definition) is 2. The van der Waals surface area contributed by atoms with Crippen LogP contribution >= 0.6 is 15.9 Å². The van der Waals surface area contributed by atoms with Crippen molar-refractivity contribution >= 4 is 49.7 Å². The lowest BCUT2D eigenvalue weighted by atomic mass is 10.2. The highest BCUT2D eigenvalue weighted by atomic mass is 79.9. The van der Waals surface area contributed by atoms with Gasteiger partial charge >= 0.3 is 5.97 Å². The molecular weight excluding hydrogens is 586 g/mol. The second-order valence-corrected chi connectivity index (χ2v) is 10.6. The van der Waals surface area contributed by atoms with Crippen LogP contribution in [0.4, 0.5) is 5.69 Å². The number of amides is 1. The number of nitrogens with one attached hydrogen (secondary N) is 2. The van der Waals surface area contributed by atoms with Crippen molar-refractivity contribution in [2.75, 3.05) is 11.8 Å². The zero-order valence-electron chi connectivity index (χ0n) is 20.5. The molecule has 0 unspecified atom stereocenters. The quantitative estimate of drug-likeness (QED) is 0.116. The van der Waals surface area contributed by atoms with E-state index < -0.39 is 21.9 Å². The number of sulfonamides is 1. The molecule has 0 aliphatic rings. The molecule has 0 aliphatic carbocycles. The van der Waals surface area contributed by atoms with Crippen molar-refractivity contribution in [3.63, 3.8) is 0 Å². The van der Waals surface area contributed by atoms with Crippen molar-refractivity contribution in [2.45, 2.75) is 4.90 Å². The molecule has 0 bridgehead atoms. The molecule has 0 heterocycles. The molecule has 4 aromatic rings. The first-order valence-electron chi connectivity index (χ1n) is 11.4. The van der Waals surface area contributed by atoms with Crippen molar-refractivity contribution in [1.29, 1.82) is 0 Å². The van der Waals surface area contributed by atoms with Gasteiger partial charge in [0.05, 0.1) is 23.8 Å². The van der Waals surface area contributed by atoms with Gasteiger partial charge in [0.15, 0.2) is 0 Å². The molecule has 0 spiro atoms. The number of rotatable bonds is 9. The van der Waals surface area contributed by atoms with Gasteiger partial charge in [0.25, 0.3) is 15.9 Å². The maximum Gasteiger partial charge on any atom is 0.343 e. The Balaban J connectivity index is 1.40. The van der Waals surface area contributed by atoms with Gasteiger partial charge < -0.3 is 9.47 Å². The summed E-state index contributed by atoms with van der Waals surface area (Å²) in [4.78, 5) is 25.3. The Morgan fingerprint density at radius 2 is 1.54 bits per heavy atom. The van der Waals surface area contributed by atoms with Gasteiger partial charge in [-0.2, -0.15) is 5.10 Å². The minimum absolute atomic E-state index is 0.128. The normalized spacial score (nSPS) is 11.1. The standard InChI is InChI=1S/C28H22BrN3O6S/c1-37-24-14-9-20(10-15-24)28(34)38-26-16-11-22(29)17-21(26)18-30-31-27(33)19-7-12-23(13-8-19)32-39(35,36)25-5-3-2-4-6-25/h2-18,32H,1H3,(H,31,33)/b30-18+. The highest BCUT2D eigenvalue weighted by Gasteiger charge is 2.14. The molecule has 0 aliphatic heterocycles. The molecule has 4 rings (SSSR count). The van der Waals surface area contributed by atoms with E-state index in [1.165, 1.54) is 49.7 Å². The molecule has 0 saturated carbocycles. The van der Waals surface area contributed by atoms with Gasteiger partial charge in [-0.15, -0.1) is 0 Å². The number of nitrogens with zero attached hydrogens (tertiary/aromatic N) is 1. The highest BCUT2D eigenvalue weighted by Crippen LogP contribution is 2.23. The summed E-state index contributed by atoms with van der Waals surface area (Å²) in [7, 11) is -2.21. The summed E-state index contributed by atoms with van der Waals surface area (Å²) < 4.78 is 38.8. The average Bonchev–Trinajstić information content (AvgIpc) is 2.95. The minimum Gasteiger partial charge on any atom is -0.497 e. The topological polar surface area (TPSA) is 123 Å². The molecule has 1 amide bonds. The third kappa shape index (κ3) is 7.30. The van der Waals surface area contributed by atoms with E-state index in [0.717, 1.165) is 0 Å². The second kappa shape index (κ2) is 12.4. The van der Waals surface area contributed by atoms with Gasteiger partial charge in [-0.05, 0) is 78.9 Å². The fraction of sp³-hybridized carbons (Fsp3) is 0.0357. The number of methoxy groups -OCH3 is 1. The molecule has 198 valence electrons. The molecule has 4 aromatic carbocycles. The molecule has 0 atom stereocenters. The molecule has 0 radical (unpaired) electrons. The Kier molecular flexibility index (Phi) is 8.74. The number of hydrazone groups is 1. The molecular formula is C28H22BrN3O6S. The van der Waals surface area contributed by atoms with Crippen LogP contribution in [0.15, 0.2) is 112 Å². The van der Waals surface area contributed by atoms with Crippen molar-refractivity contribution in [3.05, 3.63) is 118 Å². The number of esters is 1. The second-order valence-electron chi connectivity index (χ2n) is 8.00. The van der Waals surface area contributed by atoms with Gasteiger partial charge in [0.1, 0.15) is 11.5 Å². The van der Waals surface area contributed by atoms with Crippen LogP contribution in [0.1, 0.15) is 26.3 Å². The lowest BCUT2D eigenvalue weighted by molar-refractivity contribution is 0.0734. The molecule has 9 nitrogen and oxygen atoms in total. The molecule has 0 saturated heterocycles. The van der Waals surface area contributed by atoms with Gasteiger partial charge in [-0.25, -0.2) is 18.6 Å². The van der Waals surface area contributed by atoms with E-state index in [9.17, 15) is 18.0 Å². The van der Waals surface area contributed by atoms with Crippen LogP contribution in [0.3, 0.4) is 0 Å². The Bertz CT molecular complexity index is 1610. The van der Waals surface area contributed by atoms with Gasteiger partial charge in [-0.1, -0.05) is 34.1 Å². The van der Waals surface area contributed by atoms with Crippen molar-refractivity contribution < 1.29 is 27.5 Å². The summed E-state index contributed by atoms with van der Waals surface area (Å²) in [6.07, 6.45) is 1.35. The van der Waals surface area contributed by atoms with Gasteiger partial charge in [0.2, 0.25) is 0 Å². The van der Waals surface area contributed by atoms with E-state index in [-0.39, 0.29) is 16.2 Å². The fourth-order valence-electron chi connectivity index (χ4n) is 3.33. The first kappa shape index (κ1) is 27.6. The Labute approximate surface area is 233 Å². The van der Waals surface area contributed by atoms with E-state index in [4.69, 9.17) is 9.47 Å². The summed E-state index contributed by atoms with van der Waals surface area (Å²) in [6.45, 7) is 0. The van der Waals surface area contributed by atoms with Crippen molar-refractivity contribution in [3.8, 4) is 11.5 Å². The number of ether oxygens (including phenoxy) is 2. The highest BCUT2D eigenvalue weighted by molar-refractivity contribution is 9.10. The summed E-state index contributed by atoms with van der Waals surface area (Å²) in [5, 5.41) is 3.98. The van der Waals surface area contributed by atoms with E-state index in [1.807, 2.05) is 0 Å². The summed E-state index contributed by atoms with van der Waals surface area (Å²) in [6, 6.07) is 25.3. The molecule has 0 aromatic heterocycles. The smallest absolute Gasteiger partial charge is 0.343 e. The molecule has 0 fully saturated rings. The fourth-order valence-corrected chi connectivity index (χ4v) is 4.79. The van der Waals surface area contributed by atoms with Crippen LogP contribution in [-0.2, 0) is 10.0 Å². The zero-order valence-corrected chi connectivity index (χ0v) is 22.9. The van der Waals surface area contributed by atoms with E-state index >= 15 is 0 Å². The van der Waals surface area contributed by atoms with Gasteiger partial charge in [0, 0.05) is 21.3 Å². The van der Waals surface area contributed by atoms with Crippen LogP contribution in [-0.4, -0.2) is 33.6 Å². The molecule has 11 heteroatoms. The number of hydrogen-bond acceptors (Lipinski definition) is 7. The Morgan fingerprint density at radius 1 is 0.872 bits per heavy atom. The minimum atomic E-state index is -3.75. The van der Waals surface area contributed by atoms with E-state index in [0.29, 0.717) is 27.0 Å². The largest absolute Gasteiger partial charge is 0.497 e. The SMILES string of the molecule is COc1ccc(C(=O)Oc2ccc(Br)cc2/C=N/NC(=O)c2ccc(NS(=O)(=O)c3ccccc3)cc2)cc1. The Morgan fingerprint density at radius 3 is 2.21 bits per heavy atom. The summed E-state index contributed by atoms with van der Waals surface area (Å²) in [5.74, 6) is -0.230. The maximum absolute atomic E-state index is 12.6. The Hall–Kier alpha value is -4.48. The lowest BCUT2D eigenvalue weighted by Gasteiger charge is -2.09. The molecule has 39 heavy (non-hydrogen) atoms. The van der Waals surface area contributed by atoms with Gasteiger partial charge in [-0.3, -0.25) is 9.52 Å². The predicted octanol–water partition coefficient (Wildman–Crippen LogP) is 5.24. The van der Waals surface area contributed by atoms with E-state index in [2.05, 4.69) is 31.2 Å². The third-order valence-electron chi connectivity index (χ3n) is 5.32. The average molecular weight is 608 g/mol. The third-order valence-corrected chi connectivity index (χ3v) is 7.21. The number of anilines is 1. The van der Waals surface area contributed by atoms with Crippen molar-refractivity contribution in [2.24, 2.45) is 5.10 Å². The monoisotopic (exact) mass is 607 g/mol. The number of benzene rings is 4. The van der Waals surface area contributed by atoms with Crippen molar-refractivity contribution in [1.82, 2.24) is 5.43 Å². The summed E-state index contributed by atoms with van der Waals surface area (Å²) in [5.41, 5.74) is 3.75.